The Hall–Kier alpha value is -1.09. The summed E-state index contributed by atoms with van der Waals surface area (Å²) >= 11 is 4.70. The third-order valence-corrected chi connectivity index (χ3v) is 4.73. The molecule has 8 heteroatoms. The van der Waals surface area contributed by atoms with Crippen molar-refractivity contribution < 1.29 is 17.5 Å². The van der Waals surface area contributed by atoms with Crippen molar-refractivity contribution >= 4 is 27.2 Å². The van der Waals surface area contributed by atoms with Gasteiger partial charge < -0.3 is 10.5 Å². The van der Waals surface area contributed by atoms with Gasteiger partial charge in [0.05, 0.1) is 11.5 Å². The number of nitrogens with two attached hydrogens (primary N) is 1. The summed E-state index contributed by atoms with van der Waals surface area (Å²) in [6.07, 6.45) is 1.51. The Morgan fingerprint density at radius 3 is 2.85 bits per heavy atom. The molecular formula is C12H15FN2O3S2. The van der Waals surface area contributed by atoms with E-state index < -0.39 is 15.8 Å². The zero-order chi connectivity index (χ0) is 14.8. The lowest BCUT2D eigenvalue weighted by Crippen LogP contribution is -2.40. The van der Waals surface area contributed by atoms with Gasteiger partial charge in [0.15, 0.2) is 0 Å². The topological polar surface area (TPSA) is 81.4 Å². The van der Waals surface area contributed by atoms with E-state index in [1.54, 1.807) is 0 Å². The molecule has 0 spiro atoms. The molecule has 0 saturated carbocycles. The van der Waals surface area contributed by atoms with Crippen LogP contribution in [-0.4, -0.2) is 32.7 Å². The van der Waals surface area contributed by atoms with Crippen LogP contribution in [-0.2, 0) is 14.8 Å². The standard InChI is InChI=1S/C12H15FN2O3S2/c13-11-4-3-9(6-10(11)12(14)19)20(16,17)15-8-2-1-5-18-7-8/h3-4,6,8,15H,1-2,5,7H2,(H2,14,19). The third-order valence-electron chi connectivity index (χ3n) is 3.00. The van der Waals surface area contributed by atoms with Gasteiger partial charge in [0.2, 0.25) is 10.0 Å². The van der Waals surface area contributed by atoms with E-state index in [0.717, 1.165) is 18.6 Å². The molecule has 1 unspecified atom stereocenters. The van der Waals surface area contributed by atoms with Gasteiger partial charge in [-0.05, 0) is 31.0 Å². The molecule has 3 N–H and O–H groups in total. The second-order valence-corrected chi connectivity index (χ2v) is 6.70. The van der Waals surface area contributed by atoms with Gasteiger partial charge in [0.25, 0.3) is 0 Å². The number of hydrogen-bond acceptors (Lipinski definition) is 4. The van der Waals surface area contributed by atoms with E-state index in [9.17, 15) is 12.8 Å². The van der Waals surface area contributed by atoms with Crippen LogP contribution in [0.3, 0.4) is 0 Å². The van der Waals surface area contributed by atoms with Gasteiger partial charge in [-0.15, -0.1) is 0 Å². The number of benzene rings is 1. The first-order valence-electron chi connectivity index (χ1n) is 6.09. The first-order valence-corrected chi connectivity index (χ1v) is 7.99. The number of nitrogens with one attached hydrogen (secondary N) is 1. The molecule has 0 amide bonds. The van der Waals surface area contributed by atoms with Crippen LogP contribution in [0.5, 0.6) is 0 Å². The van der Waals surface area contributed by atoms with Crippen LogP contribution in [0.4, 0.5) is 4.39 Å². The summed E-state index contributed by atoms with van der Waals surface area (Å²) in [4.78, 5) is -0.243. The van der Waals surface area contributed by atoms with Crippen LogP contribution in [0.1, 0.15) is 18.4 Å². The van der Waals surface area contributed by atoms with Gasteiger partial charge in [-0.3, -0.25) is 0 Å². The Balaban J connectivity index is 2.24. The van der Waals surface area contributed by atoms with Gasteiger partial charge in [-0.25, -0.2) is 17.5 Å². The molecule has 1 fully saturated rings. The van der Waals surface area contributed by atoms with E-state index in [0.29, 0.717) is 19.6 Å². The third kappa shape index (κ3) is 3.51. The largest absolute Gasteiger partial charge is 0.389 e. The summed E-state index contributed by atoms with van der Waals surface area (Å²) in [5.74, 6) is -0.641. The normalized spacial score (nSPS) is 19.8. The van der Waals surface area contributed by atoms with Crippen LogP contribution in [0.25, 0.3) is 0 Å². The maximum atomic E-state index is 13.5. The van der Waals surface area contributed by atoms with Crippen LogP contribution >= 0.6 is 12.2 Å². The molecule has 0 aromatic heterocycles. The fraction of sp³-hybridized carbons (Fsp3) is 0.417. The molecule has 1 saturated heterocycles. The zero-order valence-corrected chi connectivity index (χ0v) is 12.3. The van der Waals surface area contributed by atoms with Crippen LogP contribution in [0.2, 0.25) is 0 Å². The Morgan fingerprint density at radius 2 is 2.25 bits per heavy atom. The fourth-order valence-corrected chi connectivity index (χ4v) is 3.42. The average Bonchev–Trinajstić information content (AvgIpc) is 2.39. The molecule has 2 rings (SSSR count). The molecule has 0 bridgehead atoms. The van der Waals surface area contributed by atoms with Crippen LogP contribution in [0, 0.1) is 5.82 Å². The Labute approximate surface area is 122 Å². The summed E-state index contributed by atoms with van der Waals surface area (Å²) < 4.78 is 45.6. The molecule has 1 aliphatic heterocycles. The molecule has 1 aromatic carbocycles. The number of halogens is 1. The Kier molecular flexibility index (Phi) is 4.69. The minimum absolute atomic E-state index is 0.0627. The number of thiocarbonyl (C=S) groups is 1. The molecule has 0 radical (unpaired) electrons. The minimum Gasteiger partial charge on any atom is -0.389 e. The van der Waals surface area contributed by atoms with E-state index in [-0.39, 0.29) is 21.5 Å². The van der Waals surface area contributed by atoms with Gasteiger partial charge in [-0.1, -0.05) is 12.2 Å². The van der Waals surface area contributed by atoms with Crippen molar-refractivity contribution in [3.05, 3.63) is 29.6 Å². The summed E-state index contributed by atoms with van der Waals surface area (Å²) in [5, 5.41) is 0. The highest BCUT2D eigenvalue weighted by Gasteiger charge is 2.23. The second kappa shape index (κ2) is 6.13. The molecule has 20 heavy (non-hydrogen) atoms. The summed E-state index contributed by atoms with van der Waals surface area (Å²) in [7, 11) is -3.74. The zero-order valence-electron chi connectivity index (χ0n) is 10.6. The molecule has 1 atom stereocenters. The van der Waals surface area contributed by atoms with E-state index in [2.05, 4.69) is 4.72 Å². The molecule has 110 valence electrons. The lowest BCUT2D eigenvalue weighted by Gasteiger charge is -2.23. The van der Waals surface area contributed by atoms with Crippen LogP contribution in [0.15, 0.2) is 23.1 Å². The number of rotatable bonds is 4. The molecular weight excluding hydrogens is 303 g/mol. The monoisotopic (exact) mass is 318 g/mol. The van der Waals surface area contributed by atoms with Crippen molar-refractivity contribution in [2.24, 2.45) is 5.73 Å². The SMILES string of the molecule is NC(=S)c1cc(S(=O)(=O)NC2CCCOC2)ccc1F. The highest BCUT2D eigenvalue weighted by Crippen LogP contribution is 2.17. The predicted octanol–water partition coefficient (Wildman–Crippen LogP) is 0.917. The van der Waals surface area contributed by atoms with Crippen LogP contribution < -0.4 is 10.5 Å². The highest BCUT2D eigenvalue weighted by atomic mass is 32.2. The maximum absolute atomic E-state index is 13.5. The lowest BCUT2D eigenvalue weighted by molar-refractivity contribution is 0.0774. The Bertz CT molecular complexity index is 613. The van der Waals surface area contributed by atoms with E-state index in [4.69, 9.17) is 22.7 Å². The molecule has 0 aliphatic carbocycles. The van der Waals surface area contributed by atoms with Crippen molar-refractivity contribution in [3.8, 4) is 0 Å². The molecule has 1 heterocycles. The first-order chi connectivity index (χ1) is 9.40. The van der Waals surface area contributed by atoms with Gasteiger partial charge in [-0.2, -0.15) is 0 Å². The van der Waals surface area contributed by atoms with Crippen molar-refractivity contribution in [2.45, 2.75) is 23.8 Å². The summed E-state index contributed by atoms with van der Waals surface area (Å²) in [6, 6.07) is 3.10. The molecule has 5 nitrogen and oxygen atoms in total. The minimum atomic E-state index is -3.74. The average molecular weight is 318 g/mol. The van der Waals surface area contributed by atoms with E-state index in [1.165, 1.54) is 6.07 Å². The van der Waals surface area contributed by atoms with E-state index >= 15 is 0 Å². The smallest absolute Gasteiger partial charge is 0.240 e. The quantitative estimate of drug-likeness (QED) is 0.807. The second-order valence-electron chi connectivity index (χ2n) is 4.54. The lowest BCUT2D eigenvalue weighted by atomic mass is 10.1. The van der Waals surface area contributed by atoms with Gasteiger partial charge in [0, 0.05) is 18.2 Å². The van der Waals surface area contributed by atoms with Gasteiger partial charge in [0.1, 0.15) is 10.8 Å². The predicted molar refractivity (Wildman–Crippen MR) is 76.4 cm³/mol. The van der Waals surface area contributed by atoms with Crippen molar-refractivity contribution in [1.29, 1.82) is 0 Å². The first kappa shape index (κ1) is 15.3. The number of ether oxygens (including phenoxy) is 1. The van der Waals surface area contributed by atoms with Crippen molar-refractivity contribution in [1.82, 2.24) is 4.72 Å². The number of hydrogen-bond donors (Lipinski definition) is 2. The van der Waals surface area contributed by atoms with E-state index in [1.807, 2.05) is 0 Å². The van der Waals surface area contributed by atoms with Crippen molar-refractivity contribution in [2.75, 3.05) is 13.2 Å². The van der Waals surface area contributed by atoms with Crippen molar-refractivity contribution in [3.63, 3.8) is 0 Å². The Morgan fingerprint density at radius 1 is 1.50 bits per heavy atom. The highest BCUT2D eigenvalue weighted by molar-refractivity contribution is 7.89. The summed E-state index contributed by atoms with van der Waals surface area (Å²) in [6.45, 7) is 0.975. The number of sulfonamides is 1. The maximum Gasteiger partial charge on any atom is 0.240 e. The molecule has 1 aromatic rings. The fourth-order valence-electron chi connectivity index (χ4n) is 1.98. The summed E-state index contributed by atoms with van der Waals surface area (Å²) in [5.41, 5.74) is 5.29. The molecule has 1 aliphatic rings. The van der Waals surface area contributed by atoms with Gasteiger partial charge >= 0.3 is 0 Å².